The lowest BCUT2D eigenvalue weighted by Gasteiger charge is -2.24. The number of hydrogen-bond acceptors (Lipinski definition) is 2. The third kappa shape index (κ3) is 5.05. The van der Waals surface area contributed by atoms with Gasteiger partial charge in [0.25, 0.3) is 5.91 Å². The van der Waals surface area contributed by atoms with E-state index < -0.39 is 0 Å². The number of likely N-dealkylation sites (tertiary alicyclic amines) is 1. The first-order valence-electron chi connectivity index (χ1n) is 8.30. The summed E-state index contributed by atoms with van der Waals surface area (Å²) in [4.78, 5) is 13.7. The number of amides is 1. The largest absolute Gasteiger partial charge is 0.331 e. The number of nitrogens with one attached hydrogen (secondary N) is 2. The van der Waals surface area contributed by atoms with Crippen molar-refractivity contribution >= 4 is 34.8 Å². The molecule has 0 saturated carbocycles. The van der Waals surface area contributed by atoms with Gasteiger partial charge in [0, 0.05) is 29.1 Å². The second-order valence-electron chi connectivity index (χ2n) is 6.16. The van der Waals surface area contributed by atoms with Crippen molar-refractivity contribution in [2.24, 2.45) is 5.10 Å². The summed E-state index contributed by atoms with van der Waals surface area (Å²) in [5, 5.41) is 5.11. The average Bonchev–Trinajstić information content (AvgIpc) is 2.64. The summed E-state index contributed by atoms with van der Waals surface area (Å²) in [7, 11) is 0. The van der Waals surface area contributed by atoms with Crippen molar-refractivity contribution in [1.82, 2.24) is 5.43 Å². The number of hydrazone groups is 1. The first kappa shape index (κ1) is 17.9. The molecule has 2 aromatic rings. The molecule has 1 saturated heterocycles. The summed E-state index contributed by atoms with van der Waals surface area (Å²) < 4.78 is 0. The van der Waals surface area contributed by atoms with Crippen LogP contribution >= 0.6 is 23.2 Å². The van der Waals surface area contributed by atoms with E-state index in [1.807, 2.05) is 6.07 Å². The Labute approximate surface area is 157 Å². The molecular weight excluding hydrogens is 357 g/mol. The molecule has 2 aromatic carbocycles. The molecular formula is C19H20Cl2N3O+. The fraction of sp³-hybridized carbons (Fsp3) is 0.263. The molecule has 1 heterocycles. The Kier molecular flexibility index (Phi) is 6.08. The number of quaternary nitrogens is 1. The summed E-state index contributed by atoms with van der Waals surface area (Å²) in [5.74, 6) is -0.334. The van der Waals surface area contributed by atoms with Crippen LogP contribution in [0.2, 0.25) is 10.0 Å². The molecule has 4 nitrogen and oxygen atoms in total. The molecule has 1 fully saturated rings. The highest BCUT2D eigenvalue weighted by molar-refractivity contribution is 6.35. The van der Waals surface area contributed by atoms with Gasteiger partial charge in [-0.15, -0.1) is 0 Å². The average molecular weight is 377 g/mol. The summed E-state index contributed by atoms with van der Waals surface area (Å²) >= 11 is 12.0. The van der Waals surface area contributed by atoms with Gasteiger partial charge in [0.1, 0.15) is 6.54 Å². The van der Waals surface area contributed by atoms with Gasteiger partial charge in [-0.1, -0.05) is 53.5 Å². The molecule has 0 atom stereocenters. The van der Waals surface area contributed by atoms with E-state index >= 15 is 0 Å². The maximum Gasteiger partial charge on any atom is 0.272 e. The lowest BCUT2D eigenvalue weighted by molar-refractivity contribution is -0.914. The van der Waals surface area contributed by atoms with Gasteiger partial charge in [-0.05, 0) is 18.2 Å². The predicted molar refractivity (Wildman–Crippen MR) is 101 cm³/mol. The van der Waals surface area contributed by atoms with Gasteiger partial charge in [0.15, 0.2) is 0 Å². The number of carbonyl (C=O) groups excluding carboxylic acids is 1. The predicted octanol–water partition coefficient (Wildman–Crippen LogP) is 2.96. The standard InChI is InChI=1S/C19H19Cl2N3O/c20-15-6-7-18(21)17(12-15)19(25)23-22-16-8-10-24(11-9-16)13-14-4-2-1-3-5-14/h1-7,12H,8-11,13H2,(H,23,25)/p+1. The molecule has 25 heavy (non-hydrogen) atoms. The minimum Gasteiger partial charge on any atom is -0.331 e. The van der Waals surface area contributed by atoms with E-state index in [1.165, 1.54) is 10.5 Å². The fourth-order valence-corrected chi connectivity index (χ4v) is 3.30. The number of rotatable bonds is 4. The van der Waals surface area contributed by atoms with Crippen LogP contribution in [0, 0.1) is 0 Å². The van der Waals surface area contributed by atoms with E-state index in [-0.39, 0.29) is 5.91 Å². The SMILES string of the molecule is O=C(NN=C1CC[NH+](Cc2ccccc2)CC1)c1cc(Cl)ccc1Cl. The lowest BCUT2D eigenvalue weighted by atomic mass is 10.1. The van der Waals surface area contributed by atoms with Gasteiger partial charge in [-0.2, -0.15) is 5.10 Å². The first-order chi connectivity index (χ1) is 12.1. The number of hydrogen-bond donors (Lipinski definition) is 2. The third-order valence-electron chi connectivity index (χ3n) is 4.32. The van der Waals surface area contributed by atoms with Gasteiger partial charge in [0.05, 0.1) is 23.7 Å². The lowest BCUT2D eigenvalue weighted by Crippen LogP contribution is -3.11. The molecule has 1 amide bonds. The monoisotopic (exact) mass is 376 g/mol. The van der Waals surface area contributed by atoms with Crippen LogP contribution in [0.4, 0.5) is 0 Å². The normalized spacial score (nSPS) is 17.2. The van der Waals surface area contributed by atoms with Crippen LogP contribution in [-0.4, -0.2) is 24.7 Å². The molecule has 0 radical (unpaired) electrons. The van der Waals surface area contributed by atoms with Crippen molar-refractivity contribution in [3.8, 4) is 0 Å². The van der Waals surface area contributed by atoms with E-state index in [0.717, 1.165) is 38.2 Å². The van der Waals surface area contributed by atoms with E-state index in [9.17, 15) is 4.79 Å². The van der Waals surface area contributed by atoms with Gasteiger partial charge >= 0.3 is 0 Å². The zero-order chi connectivity index (χ0) is 17.6. The number of piperidine rings is 1. The van der Waals surface area contributed by atoms with Crippen molar-refractivity contribution in [1.29, 1.82) is 0 Å². The number of nitrogens with zero attached hydrogens (tertiary/aromatic N) is 1. The number of benzene rings is 2. The molecule has 0 unspecified atom stereocenters. The van der Waals surface area contributed by atoms with Crippen LogP contribution in [0.15, 0.2) is 53.6 Å². The molecule has 6 heteroatoms. The van der Waals surface area contributed by atoms with Gasteiger partial charge in [0.2, 0.25) is 0 Å². The smallest absolute Gasteiger partial charge is 0.272 e. The highest BCUT2D eigenvalue weighted by Crippen LogP contribution is 2.20. The van der Waals surface area contributed by atoms with Crippen molar-refractivity contribution in [3.63, 3.8) is 0 Å². The Hall–Kier alpha value is -1.88. The molecule has 2 N–H and O–H groups in total. The topological polar surface area (TPSA) is 45.9 Å². The molecule has 0 aliphatic carbocycles. The Balaban J connectivity index is 1.52. The second-order valence-corrected chi connectivity index (χ2v) is 7.00. The van der Waals surface area contributed by atoms with E-state index in [2.05, 4.69) is 34.8 Å². The van der Waals surface area contributed by atoms with E-state index in [0.29, 0.717) is 15.6 Å². The summed E-state index contributed by atoms with van der Waals surface area (Å²) in [6.45, 7) is 3.06. The summed E-state index contributed by atoms with van der Waals surface area (Å²) in [6.07, 6.45) is 1.76. The maximum atomic E-state index is 12.2. The minimum absolute atomic E-state index is 0.334. The van der Waals surface area contributed by atoms with Crippen LogP contribution < -0.4 is 10.3 Å². The van der Waals surface area contributed by atoms with Crippen LogP contribution in [0.25, 0.3) is 0 Å². The maximum absolute atomic E-state index is 12.2. The van der Waals surface area contributed by atoms with Crippen molar-refractivity contribution in [2.45, 2.75) is 19.4 Å². The fourth-order valence-electron chi connectivity index (χ4n) is 2.93. The summed E-state index contributed by atoms with van der Waals surface area (Å²) in [6, 6.07) is 15.3. The first-order valence-corrected chi connectivity index (χ1v) is 9.06. The third-order valence-corrected chi connectivity index (χ3v) is 4.88. The molecule has 130 valence electrons. The van der Waals surface area contributed by atoms with Crippen molar-refractivity contribution in [3.05, 3.63) is 69.7 Å². The Bertz CT molecular complexity index is 767. The van der Waals surface area contributed by atoms with Gasteiger partial charge in [-0.25, -0.2) is 5.43 Å². The highest BCUT2D eigenvalue weighted by Gasteiger charge is 2.19. The van der Waals surface area contributed by atoms with E-state index in [4.69, 9.17) is 23.2 Å². The van der Waals surface area contributed by atoms with Crippen molar-refractivity contribution in [2.75, 3.05) is 13.1 Å². The molecule has 1 aliphatic rings. The van der Waals surface area contributed by atoms with E-state index in [1.54, 1.807) is 18.2 Å². The van der Waals surface area contributed by atoms with Gasteiger partial charge in [-0.3, -0.25) is 4.79 Å². The highest BCUT2D eigenvalue weighted by atomic mass is 35.5. The molecule has 0 spiro atoms. The quantitative estimate of drug-likeness (QED) is 0.791. The minimum atomic E-state index is -0.334. The van der Waals surface area contributed by atoms with Crippen LogP contribution in [-0.2, 0) is 6.54 Å². The van der Waals surface area contributed by atoms with Crippen LogP contribution in [0.5, 0.6) is 0 Å². The van der Waals surface area contributed by atoms with Crippen LogP contribution in [0.3, 0.4) is 0 Å². The second kappa shape index (κ2) is 8.48. The Morgan fingerprint density at radius 2 is 1.80 bits per heavy atom. The van der Waals surface area contributed by atoms with Gasteiger partial charge < -0.3 is 4.90 Å². The Morgan fingerprint density at radius 3 is 2.52 bits per heavy atom. The number of halogens is 2. The zero-order valence-corrected chi connectivity index (χ0v) is 15.3. The van der Waals surface area contributed by atoms with Crippen molar-refractivity contribution < 1.29 is 9.69 Å². The molecule has 0 bridgehead atoms. The summed E-state index contributed by atoms with van der Waals surface area (Å²) in [5.41, 5.74) is 5.30. The van der Waals surface area contributed by atoms with Crippen LogP contribution in [0.1, 0.15) is 28.8 Å². The molecule has 3 rings (SSSR count). The molecule has 0 aromatic heterocycles. The zero-order valence-electron chi connectivity index (χ0n) is 13.8. The molecule has 1 aliphatic heterocycles. The number of carbonyl (C=O) groups is 1. The Morgan fingerprint density at radius 1 is 1.08 bits per heavy atom.